The van der Waals surface area contributed by atoms with E-state index in [4.69, 9.17) is 5.21 Å². The van der Waals surface area contributed by atoms with Crippen LogP contribution in [0.4, 0.5) is 0 Å². The zero-order valence-corrected chi connectivity index (χ0v) is 16.4. The van der Waals surface area contributed by atoms with Gasteiger partial charge in [0.25, 0.3) is 0 Å². The first-order chi connectivity index (χ1) is 12.6. The van der Waals surface area contributed by atoms with Crippen molar-refractivity contribution in [2.75, 3.05) is 6.54 Å². The third kappa shape index (κ3) is 6.50. The highest BCUT2D eigenvalue weighted by Crippen LogP contribution is 2.25. The summed E-state index contributed by atoms with van der Waals surface area (Å²) < 4.78 is 0. The first kappa shape index (κ1) is 22.9. The number of nitrogens with one attached hydrogen (secondary N) is 2. The Morgan fingerprint density at radius 2 is 1.78 bits per heavy atom. The molecule has 1 rings (SSSR count). The van der Waals surface area contributed by atoms with Crippen molar-refractivity contribution in [1.29, 1.82) is 0 Å². The van der Waals surface area contributed by atoms with Crippen molar-refractivity contribution in [3.63, 3.8) is 0 Å². The van der Waals surface area contributed by atoms with Crippen LogP contribution in [0.5, 0.6) is 0 Å². The molecule has 0 spiro atoms. The number of rotatable bonds is 9. The minimum Gasteiger partial charge on any atom is -0.480 e. The molecular weight excluding hydrogens is 354 g/mol. The van der Waals surface area contributed by atoms with E-state index in [0.717, 1.165) is 0 Å². The van der Waals surface area contributed by atoms with Gasteiger partial charge in [-0.25, -0.2) is 10.3 Å². The Kier molecular flexibility index (Phi) is 8.68. The van der Waals surface area contributed by atoms with Crippen molar-refractivity contribution in [3.05, 3.63) is 0 Å². The summed E-state index contributed by atoms with van der Waals surface area (Å²) in [4.78, 5) is 49.9. The van der Waals surface area contributed by atoms with Crippen molar-refractivity contribution < 1.29 is 29.5 Å². The molecule has 1 saturated heterocycles. The number of hydrogen-bond acceptors (Lipinski definition) is 5. The molecule has 154 valence electrons. The third-order valence-corrected chi connectivity index (χ3v) is 4.73. The molecule has 0 radical (unpaired) electrons. The summed E-state index contributed by atoms with van der Waals surface area (Å²) in [6.07, 6.45) is 1.36. The highest BCUT2D eigenvalue weighted by atomic mass is 16.5. The molecule has 0 saturated carbocycles. The summed E-state index contributed by atoms with van der Waals surface area (Å²) in [5.74, 6) is -3.37. The topological polar surface area (TPSA) is 136 Å². The van der Waals surface area contributed by atoms with Gasteiger partial charge in [-0.15, -0.1) is 0 Å². The number of carboxylic acids is 1. The molecule has 1 heterocycles. The number of amides is 3. The second-order valence-electron chi connectivity index (χ2n) is 7.82. The monoisotopic (exact) mass is 385 g/mol. The van der Waals surface area contributed by atoms with E-state index >= 15 is 0 Å². The van der Waals surface area contributed by atoms with E-state index in [0.29, 0.717) is 25.8 Å². The zero-order chi connectivity index (χ0) is 20.7. The van der Waals surface area contributed by atoms with E-state index in [1.54, 1.807) is 19.3 Å². The highest BCUT2D eigenvalue weighted by Gasteiger charge is 2.39. The molecule has 0 aliphatic carbocycles. The van der Waals surface area contributed by atoms with Gasteiger partial charge in [0, 0.05) is 18.9 Å². The normalized spacial score (nSPS) is 19.1. The second-order valence-corrected chi connectivity index (χ2v) is 7.82. The van der Waals surface area contributed by atoms with Crippen LogP contribution in [0.3, 0.4) is 0 Å². The number of likely N-dealkylation sites (tertiary alicyclic amines) is 1. The van der Waals surface area contributed by atoms with Gasteiger partial charge < -0.3 is 15.3 Å². The standard InChI is InChI=1S/C18H31N3O6/c1-10(2)8-12(9-14(22)20-27)17(24)21-7-5-6-13(21)16(23)19-15(11(3)4)18(25)26/h10-13,15,27H,5-9H2,1-4H3,(H,19,23)(H,20,22)(H,25,26)/t12?,13-,15-/m0/s1. The summed E-state index contributed by atoms with van der Waals surface area (Å²) in [5.41, 5.74) is 1.54. The fourth-order valence-corrected chi connectivity index (χ4v) is 3.41. The summed E-state index contributed by atoms with van der Waals surface area (Å²) in [6, 6.07) is -1.77. The average Bonchev–Trinajstić information content (AvgIpc) is 3.06. The van der Waals surface area contributed by atoms with E-state index in [2.05, 4.69) is 5.32 Å². The van der Waals surface area contributed by atoms with Crippen LogP contribution in [0.15, 0.2) is 0 Å². The van der Waals surface area contributed by atoms with Crippen LogP contribution in [-0.2, 0) is 19.2 Å². The van der Waals surface area contributed by atoms with E-state index in [1.165, 1.54) is 4.90 Å². The number of hydroxylamine groups is 1. The maximum atomic E-state index is 13.0. The predicted molar refractivity (Wildman–Crippen MR) is 96.6 cm³/mol. The molecule has 1 unspecified atom stereocenters. The van der Waals surface area contributed by atoms with Gasteiger partial charge in [0.2, 0.25) is 17.7 Å². The molecule has 1 fully saturated rings. The van der Waals surface area contributed by atoms with E-state index in [1.807, 2.05) is 13.8 Å². The molecule has 3 amide bonds. The smallest absolute Gasteiger partial charge is 0.326 e. The van der Waals surface area contributed by atoms with Crippen LogP contribution >= 0.6 is 0 Å². The van der Waals surface area contributed by atoms with Crippen molar-refractivity contribution in [2.45, 2.75) is 65.5 Å². The van der Waals surface area contributed by atoms with Crippen LogP contribution in [-0.4, -0.2) is 57.5 Å². The van der Waals surface area contributed by atoms with Crippen LogP contribution in [0.1, 0.15) is 53.4 Å². The average molecular weight is 385 g/mol. The van der Waals surface area contributed by atoms with Gasteiger partial charge in [0.05, 0.1) is 0 Å². The minimum atomic E-state index is -1.12. The Morgan fingerprint density at radius 3 is 2.26 bits per heavy atom. The Balaban J connectivity index is 2.91. The summed E-state index contributed by atoms with van der Waals surface area (Å²) >= 11 is 0. The maximum absolute atomic E-state index is 13.0. The van der Waals surface area contributed by atoms with Gasteiger partial charge in [-0.3, -0.25) is 19.6 Å². The van der Waals surface area contributed by atoms with Crippen LogP contribution in [0.25, 0.3) is 0 Å². The largest absolute Gasteiger partial charge is 0.480 e. The quantitative estimate of drug-likeness (QED) is 0.342. The van der Waals surface area contributed by atoms with Gasteiger partial charge in [0.15, 0.2) is 0 Å². The molecule has 4 N–H and O–H groups in total. The Labute approximate surface area is 159 Å². The van der Waals surface area contributed by atoms with E-state index in [9.17, 15) is 24.3 Å². The Hall–Kier alpha value is -2.16. The SMILES string of the molecule is CC(C)CC(CC(=O)NO)C(=O)N1CCC[C@H]1C(=O)N[C@H](C(=O)O)C(C)C. The molecule has 3 atom stereocenters. The van der Waals surface area contributed by atoms with Crippen molar-refractivity contribution in [3.8, 4) is 0 Å². The molecule has 0 bridgehead atoms. The molecule has 1 aliphatic heterocycles. The number of hydrogen-bond donors (Lipinski definition) is 4. The number of aliphatic carboxylic acids is 1. The fraction of sp³-hybridized carbons (Fsp3) is 0.778. The van der Waals surface area contributed by atoms with Gasteiger partial charge >= 0.3 is 5.97 Å². The molecule has 0 aromatic carbocycles. The maximum Gasteiger partial charge on any atom is 0.326 e. The summed E-state index contributed by atoms with van der Waals surface area (Å²) in [5, 5.41) is 20.5. The molecule has 27 heavy (non-hydrogen) atoms. The lowest BCUT2D eigenvalue weighted by atomic mass is 9.92. The van der Waals surface area contributed by atoms with Gasteiger partial charge in [0.1, 0.15) is 12.1 Å². The Bertz CT molecular complexity index is 563. The Morgan fingerprint density at radius 1 is 1.15 bits per heavy atom. The van der Waals surface area contributed by atoms with Crippen LogP contribution < -0.4 is 10.8 Å². The van der Waals surface area contributed by atoms with Crippen LogP contribution in [0, 0.1) is 17.8 Å². The van der Waals surface area contributed by atoms with Crippen LogP contribution in [0.2, 0.25) is 0 Å². The molecular formula is C18H31N3O6. The van der Waals surface area contributed by atoms with Gasteiger partial charge in [-0.05, 0) is 31.1 Å². The molecule has 0 aromatic heterocycles. The summed E-state index contributed by atoms with van der Waals surface area (Å²) in [7, 11) is 0. The van der Waals surface area contributed by atoms with Crippen molar-refractivity contribution in [1.82, 2.24) is 15.7 Å². The van der Waals surface area contributed by atoms with Gasteiger partial charge in [-0.2, -0.15) is 0 Å². The van der Waals surface area contributed by atoms with E-state index in [-0.39, 0.29) is 24.2 Å². The first-order valence-corrected chi connectivity index (χ1v) is 9.35. The van der Waals surface area contributed by atoms with Crippen molar-refractivity contribution in [2.24, 2.45) is 17.8 Å². The number of nitrogens with zero attached hydrogens (tertiary/aromatic N) is 1. The number of carbonyl (C=O) groups is 4. The zero-order valence-electron chi connectivity index (χ0n) is 16.4. The first-order valence-electron chi connectivity index (χ1n) is 9.35. The number of carboxylic acid groups (broad SMARTS) is 1. The second kappa shape index (κ2) is 10.2. The minimum absolute atomic E-state index is 0.151. The van der Waals surface area contributed by atoms with E-state index < -0.39 is 35.8 Å². The molecule has 9 nitrogen and oxygen atoms in total. The molecule has 1 aliphatic rings. The fourth-order valence-electron chi connectivity index (χ4n) is 3.41. The molecule has 9 heteroatoms. The van der Waals surface area contributed by atoms with Crippen molar-refractivity contribution >= 4 is 23.7 Å². The molecule has 0 aromatic rings. The lowest BCUT2D eigenvalue weighted by Gasteiger charge is -2.30. The highest BCUT2D eigenvalue weighted by molar-refractivity contribution is 5.92. The predicted octanol–water partition coefficient (Wildman–Crippen LogP) is 0.761. The number of carbonyl (C=O) groups excluding carboxylic acids is 3. The summed E-state index contributed by atoms with van der Waals surface area (Å²) in [6.45, 7) is 7.62. The van der Waals surface area contributed by atoms with Gasteiger partial charge in [-0.1, -0.05) is 27.7 Å². The lowest BCUT2D eigenvalue weighted by molar-refractivity contribution is -0.147. The third-order valence-electron chi connectivity index (χ3n) is 4.73. The lowest BCUT2D eigenvalue weighted by Crippen LogP contribution is -2.53.